The highest BCUT2D eigenvalue weighted by molar-refractivity contribution is 5.71. The number of hydrogen-bond donors (Lipinski definition) is 2. The molecule has 29 heavy (non-hydrogen) atoms. The molecule has 4 N–H and O–H groups in total. The minimum atomic E-state index is -0.0772. The Kier molecular flexibility index (Phi) is 3.80. The zero-order valence-corrected chi connectivity index (χ0v) is 15.9. The van der Waals surface area contributed by atoms with Crippen molar-refractivity contribution >= 4 is 11.6 Å². The lowest BCUT2D eigenvalue weighted by molar-refractivity contribution is 0.643. The Morgan fingerprint density at radius 1 is 0.931 bits per heavy atom. The highest BCUT2D eigenvalue weighted by atomic mass is 15.3. The Hall–Kier alpha value is -3.81. The van der Waals surface area contributed by atoms with Crippen molar-refractivity contribution in [1.29, 1.82) is 0 Å². The van der Waals surface area contributed by atoms with Crippen LogP contribution in [0.15, 0.2) is 54.9 Å². The lowest BCUT2D eigenvalue weighted by atomic mass is 9.95. The van der Waals surface area contributed by atoms with E-state index in [4.69, 9.17) is 16.5 Å². The van der Waals surface area contributed by atoms with Crippen LogP contribution in [0.25, 0.3) is 22.8 Å². The topological polar surface area (TPSA) is 121 Å². The van der Waals surface area contributed by atoms with Crippen LogP contribution in [0.4, 0.5) is 11.6 Å². The number of rotatable bonds is 4. The van der Waals surface area contributed by atoms with Crippen molar-refractivity contribution in [2.24, 2.45) is 7.05 Å². The van der Waals surface area contributed by atoms with E-state index in [9.17, 15) is 0 Å². The molecule has 4 aromatic rings. The molecule has 8 nitrogen and oxygen atoms in total. The van der Waals surface area contributed by atoms with Gasteiger partial charge in [0.2, 0.25) is 5.82 Å². The molecule has 0 unspecified atom stereocenters. The summed E-state index contributed by atoms with van der Waals surface area (Å²) in [5, 5.41) is 4.62. The molecule has 1 aliphatic carbocycles. The summed E-state index contributed by atoms with van der Waals surface area (Å²) >= 11 is 0. The van der Waals surface area contributed by atoms with Gasteiger partial charge >= 0.3 is 0 Å². The third-order valence-electron chi connectivity index (χ3n) is 5.36. The molecule has 1 fully saturated rings. The van der Waals surface area contributed by atoms with E-state index in [2.05, 4.69) is 44.3 Å². The van der Waals surface area contributed by atoms with Crippen LogP contribution in [0.5, 0.6) is 0 Å². The smallest absolute Gasteiger partial charge is 0.201 e. The quantitative estimate of drug-likeness (QED) is 0.554. The maximum atomic E-state index is 6.05. The van der Waals surface area contributed by atoms with Crippen molar-refractivity contribution in [2.75, 3.05) is 11.5 Å². The maximum absolute atomic E-state index is 6.05. The zero-order valence-electron chi connectivity index (χ0n) is 15.9. The van der Waals surface area contributed by atoms with Crippen molar-refractivity contribution in [3.05, 3.63) is 66.2 Å². The standard InChI is InChI=1S/C21H20N8/c1-29-20(21(9-10-21)14-5-3-2-4-6-14)27-19(28-29)15-12-25-18(23)17(26-15)13-7-8-16(22)24-11-13/h2-8,11-12H,9-10H2,1H3,(H2,22,24)(H2,23,25). The molecule has 0 atom stereocenters. The first-order valence-corrected chi connectivity index (χ1v) is 9.39. The van der Waals surface area contributed by atoms with E-state index in [1.165, 1.54) is 5.56 Å². The van der Waals surface area contributed by atoms with E-state index >= 15 is 0 Å². The van der Waals surface area contributed by atoms with Gasteiger partial charge < -0.3 is 11.5 Å². The molecular weight excluding hydrogens is 364 g/mol. The van der Waals surface area contributed by atoms with E-state index in [1.807, 2.05) is 23.9 Å². The SMILES string of the molecule is Cn1nc(-c2cnc(N)c(-c3ccc(N)nc3)n2)nc1C1(c2ccccc2)CC1. The zero-order chi connectivity index (χ0) is 20.0. The summed E-state index contributed by atoms with van der Waals surface area (Å²) in [7, 11) is 1.92. The van der Waals surface area contributed by atoms with Crippen molar-refractivity contribution in [3.63, 3.8) is 0 Å². The summed E-state index contributed by atoms with van der Waals surface area (Å²) in [6.45, 7) is 0. The van der Waals surface area contributed by atoms with Crippen LogP contribution in [0, 0.1) is 0 Å². The molecule has 8 heteroatoms. The van der Waals surface area contributed by atoms with E-state index in [0.29, 0.717) is 28.8 Å². The molecule has 0 aliphatic heterocycles. The van der Waals surface area contributed by atoms with Gasteiger partial charge in [0.05, 0.1) is 11.6 Å². The van der Waals surface area contributed by atoms with Gasteiger partial charge in [-0.15, -0.1) is 5.10 Å². The minimum absolute atomic E-state index is 0.0772. The van der Waals surface area contributed by atoms with Crippen LogP contribution in [0.2, 0.25) is 0 Å². The number of pyridine rings is 1. The summed E-state index contributed by atoms with van der Waals surface area (Å²) in [6.07, 6.45) is 5.34. The molecular formula is C21H20N8. The third-order valence-corrected chi connectivity index (χ3v) is 5.36. The fourth-order valence-electron chi connectivity index (χ4n) is 3.70. The summed E-state index contributed by atoms with van der Waals surface area (Å²) < 4.78 is 1.85. The Morgan fingerprint density at radius 2 is 1.72 bits per heavy atom. The summed E-state index contributed by atoms with van der Waals surface area (Å²) in [5.74, 6) is 2.22. The van der Waals surface area contributed by atoms with Gasteiger partial charge in [0, 0.05) is 18.8 Å². The minimum Gasteiger partial charge on any atom is -0.384 e. The summed E-state index contributed by atoms with van der Waals surface area (Å²) in [6, 6.07) is 14.0. The van der Waals surface area contributed by atoms with Gasteiger partial charge in [-0.25, -0.2) is 19.9 Å². The fraction of sp³-hybridized carbons (Fsp3) is 0.190. The van der Waals surface area contributed by atoms with E-state index < -0.39 is 0 Å². The highest BCUT2D eigenvalue weighted by Crippen LogP contribution is 2.52. The number of aryl methyl sites for hydroxylation is 1. The van der Waals surface area contributed by atoms with Crippen LogP contribution in [-0.2, 0) is 12.5 Å². The number of benzene rings is 1. The van der Waals surface area contributed by atoms with Gasteiger partial charge in [-0.05, 0) is 30.5 Å². The second-order valence-corrected chi connectivity index (χ2v) is 7.29. The fourth-order valence-corrected chi connectivity index (χ4v) is 3.70. The molecule has 0 bridgehead atoms. The summed E-state index contributed by atoms with van der Waals surface area (Å²) in [4.78, 5) is 17.9. The van der Waals surface area contributed by atoms with Crippen molar-refractivity contribution in [1.82, 2.24) is 29.7 Å². The van der Waals surface area contributed by atoms with Crippen LogP contribution < -0.4 is 11.5 Å². The van der Waals surface area contributed by atoms with E-state index in [1.54, 1.807) is 18.5 Å². The van der Waals surface area contributed by atoms with Gasteiger partial charge in [0.15, 0.2) is 0 Å². The van der Waals surface area contributed by atoms with Crippen LogP contribution >= 0.6 is 0 Å². The first kappa shape index (κ1) is 17.3. The normalized spacial score (nSPS) is 14.7. The van der Waals surface area contributed by atoms with Gasteiger partial charge in [-0.3, -0.25) is 4.68 Å². The molecule has 1 aliphatic rings. The van der Waals surface area contributed by atoms with Gasteiger partial charge in [0.25, 0.3) is 0 Å². The molecule has 0 amide bonds. The molecule has 0 spiro atoms. The first-order valence-electron chi connectivity index (χ1n) is 9.39. The first-order chi connectivity index (χ1) is 14.1. The number of anilines is 2. The van der Waals surface area contributed by atoms with E-state index in [0.717, 1.165) is 24.2 Å². The number of nitrogen functional groups attached to an aromatic ring is 2. The Labute approximate surface area is 167 Å². The molecule has 1 saturated carbocycles. The van der Waals surface area contributed by atoms with Gasteiger partial charge in [-0.1, -0.05) is 30.3 Å². The highest BCUT2D eigenvalue weighted by Gasteiger charge is 2.49. The molecule has 5 rings (SSSR count). The lowest BCUT2D eigenvalue weighted by Crippen LogP contribution is -2.15. The maximum Gasteiger partial charge on any atom is 0.201 e. The second-order valence-electron chi connectivity index (χ2n) is 7.29. The van der Waals surface area contributed by atoms with Gasteiger partial charge in [0.1, 0.15) is 28.8 Å². The average molecular weight is 384 g/mol. The van der Waals surface area contributed by atoms with Crippen LogP contribution in [0.1, 0.15) is 24.2 Å². The average Bonchev–Trinajstić information content (AvgIpc) is 3.46. The van der Waals surface area contributed by atoms with Crippen molar-refractivity contribution < 1.29 is 0 Å². The molecule has 3 heterocycles. The largest absolute Gasteiger partial charge is 0.384 e. The number of nitrogens with zero attached hydrogens (tertiary/aromatic N) is 6. The van der Waals surface area contributed by atoms with Gasteiger partial charge in [-0.2, -0.15) is 0 Å². The molecule has 0 radical (unpaired) electrons. The van der Waals surface area contributed by atoms with Crippen LogP contribution in [-0.4, -0.2) is 29.7 Å². The van der Waals surface area contributed by atoms with E-state index in [-0.39, 0.29) is 5.41 Å². The molecule has 1 aromatic carbocycles. The number of aromatic nitrogens is 6. The Morgan fingerprint density at radius 3 is 2.41 bits per heavy atom. The van der Waals surface area contributed by atoms with Crippen molar-refractivity contribution in [3.8, 4) is 22.8 Å². The molecule has 0 saturated heterocycles. The van der Waals surface area contributed by atoms with Crippen molar-refractivity contribution in [2.45, 2.75) is 18.3 Å². The molecule has 3 aromatic heterocycles. The predicted octanol–water partition coefficient (Wildman–Crippen LogP) is 2.58. The lowest BCUT2D eigenvalue weighted by Gasteiger charge is -2.14. The number of nitrogens with two attached hydrogens (primary N) is 2. The third kappa shape index (κ3) is 2.89. The second kappa shape index (κ2) is 6.37. The number of hydrogen-bond acceptors (Lipinski definition) is 7. The van der Waals surface area contributed by atoms with Crippen LogP contribution in [0.3, 0.4) is 0 Å². The Bertz CT molecular complexity index is 1180. The monoisotopic (exact) mass is 384 g/mol. The predicted molar refractivity (Wildman–Crippen MR) is 111 cm³/mol. The molecule has 144 valence electrons. The Balaban J connectivity index is 1.56. The summed E-state index contributed by atoms with van der Waals surface area (Å²) in [5.41, 5.74) is 14.8.